The highest BCUT2D eigenvalue weighted by Gasteiger charge is 2.10. The van der Waals surface area contributed by atoms with E-state index in [2.05, 4.69) is 0 Å². The average Bonchev–Trinajstić information content (AvgIpc) is 2.04. The van der Waals surface area contributed by atoms with Gasteiger partial charge in [0.25, 0.3) is 0 Å². The molecule has 0 fully saturated rings. The lowest BCUT2D eigenvalue weighted by atomic mass is 10.1. The summed E-state index contributed by atoms with van der Waals surface area (Å²) in [7, 11) is 0. The van der Waals surface area contributed by atoms with Crippen LogP contribution in [0.1, 0.15) is 18.0 Å². The van der Waals surface area contributed by atoms with Gasteiger partial charge in [0.15, 0.2) is 0 Å². The Morgan fingerprint density at radius 3 is 2.69 bits per heavy atom. The van der Waals surface area contributed by atoms with Crippen LogP contribution in [0, 0.1) is 5.82 Å². The first-order valence-electron chi connectivity index (χ1n) is 3.91. The van der Waals surface area contributed by atoms with E-state index < -0.39 is 18.5 Å². The van der Waals surface area contributed by atoms with Crippen LogP contribution in [0.15, 0.2) is 18.2 Å². The van der Waals surface area contributed by atoms with E-state index in [4.69, 9.17) is 17.3 Å². The van der Waals surface area contributed by atoms with Crippen molar-refractivity contribution in [2.45, 2.75) is 12.5 Å². The van der Waals surface area contributed by atoms with Gasteiger partial charge in [-0.3, -0.25) is 4.39 Å². The number of alkyl halides is 1. The van der Waals surface area contributed by atoms with Gasteiger partial charge in [0.1, 0.15) is 5.82 Å². The number of rotatable bonds is 3. The highest BCUT2D eigenvalue weighted by atomic mass is 35.5. The molecule has 1 aromatic rings. The molecule has 1 atom stereocenters. The molecular weight excluding hydrogens is 196 g/mol. The zero-order valence-electron chi connectivity index (χ0n) is 6.93. The smallest absolute Gasteiger partial charge is 0.124 e. The van der Waals surface area contributed by atoms with Gasteiger partial charge in [-0.25, -0.2) is 4.39 Å². The number of benzene rings is 1. The van der Waals surface area contributed by atoms with Gasteiger partial charge in [0, 0.05) is 11.1 Å². The molecule has 0 heterocycles. The van der Waals surface area contributed by atoms with Gasteiger partial charge in [-0.1, -0.05) is 17.7 Å². The summed E-state index contributed by atoms with van der Waals surface area (Å²) >= 11 is 5.72. The van der Waals surface area contributed by atoms with Crippen LogP contribution in [-0.4, -0.2) is 6.67 Å². The first kappa shape index (κ1) is 10.4. The normalized spacial score (nSPS) is 12.9. The van der Waals surface area contributed by atoms with Crippen molar-refractivity contribution in [3.8, 4) is 0 Å². The largest absolute Gasteiger partial charge is 0.324 e. The number of nitrogens with two attached hydrogens (primary N) is 1. The minimum atomic E-state index is -0.505. The summed E-state index contributed by atoms with van der Waals surface area (Å²) in [6.45, 7) is -0.505. The second kappa shape index (κ2) is 4.53. The lowest BCUT2D eigenvalue weighted by Gasteiger charge is -2.11. The summed E-state index contributed by atoms with van der Waals surface area (Å²) in [5.41, 5.74) is 6.19. The highest BCUT2D eigenvalue weighted by molar-refractivity contribution is 6.31. The molecule has 1 aromatic carbocycles. The summed E-state index contributed by atoms with van der Waals surface area (Å²) < 4.78 is 24.5. The van der Waals surface area contributed by atoms with Gasteiger partial charge in [-0.2, -0.15) is 0 Å². The van der Waals surface area contributed by atoms with Crippen molar-refractivity contribution in [1.82, 2.24) is 0 Å². The molecular formula is C9H10ClF2N. The van der Waals surface area contributed by atoms with Crippen LogP contribution < -0.4 is 5.73 Å². The summed E-state index contributed by atoms with van der Waals surface area (Å²) in [4.78, 5) is 0. The highest BCUT2D eigenvalue weighted by Crippen LogP contribution is 2.24. The molecule has 0 aliphatic heterocycles. The minimum Gasteiger partial charge on any atom is -0.324 e. The monoisotopic (exact) mass is 205 g/mol. The third-order valence-corrected chi connectivity index (χ3v) is 2.11. The van der Waals surface area contributed by atoms with E-state index in [0.29, 0.717) is 5.56 Å². The van der Waals surface area contributed by atoms with Gasteiger partial charge in [-0.05, 0) is 24.1 Å². The summed E-state index contributed by atoms with van der Waals surface area (Å²) in [6.07, 6.45) is 0.200. The molecule has 0 radical (unpaired) electrons. The van der Waals surface area contributed by atoms with Crippen LogP contribution in [-0.2, 0) is 0 Å². The lowest BCUT2D eigenvalue weighted by molar-refractivity contribution is 0.441. The van der Waals surface area contributed by atoms with E-state index in [0.717, 1.165) is 0 Å². The Kier molecular flexibility index (Phi) is 3.63. The number of hydrogen-bond donors (Lipinski definition) is 1. The molecule has 2 N–H and O–H groups in total. The maximum Gasteiger partial charge on any atom is 0.124 e. The van der Waals surface area contributed by atoms with Crippen LogP contribution in [0.2, 0.25) is 5.02 Å². The predicted octanol–water partition coefficient (Wildman–Crippen LogP) is 2.84. The molecule has 0 aliphatic rings. The van der Waals surface area contributed by atoms with Crippen LogP contribution in [0.4, 0.5) is 8.78 Å². The number of halogens is 3. The van der Waals surface area contributed by atoms with Gasteiger partial charge in [0.2, 0.25) is 0 Å². The van der Waals surface area contributed by atoms with Crippen LogP contribution in [0.3, 0.4) is 0 Å². The van der Waals surface area contributed by atoms with Gasteiger partial charge < -0.3 is 5.73 Å². The second-order valence-electron chi connectivity index (χ2n) is 2.75. The second-order valence-corrected chi connectivity index (χ2v) is 3.16. The number of hydrogen-bond acceptors (Lipinski definition) is 1. The van der Waals surface area contributed by atoms with E-state index >= 15 is 0 Å². The average molecular weight is 206 g/mol. The fourth-order valence-electron chi connectivity index (χ4n) is 1.08. The summed E-state index contributed by atoms with van der Waals surface area (Å²) in [6, 6.07) is 3.46. The van der Waals surface area contributed by atoms with Gasteiger partial charge in [0.05, 0.1) is 6.67 Å². The molecule has 0 spiro atoms. The first-order valence-corrected chi connectivity index (χ1v) is 4.29. The SMILES string of the molecule is N[C@H](CCF)c1ccc(F)cc1Cl. The standard InChI is InChI=1S/C9H10ClF2N/c10-8-5-6(12)1-2-7(8)9(13)3-4-11/h1-2,5,9H,3-4,13H2/t9-/m1/s1. The Morgan fingerprint density at radius 1 is 1.46 bits per heavy atom. The van der Waals surface area contributed by atoms with Crippen LogP contribution in [0.5, 0.6) is 0 Å². The maximum absolute atomic E-state index is 12.6. The Morgan fingerprint density at radius 2 is 2.15 bits per heavy atom. The molecule has 0 saturated carbocycles. The molecule has 1 nitrogen and oxygen atoms in total. The van der Waals surface area contributed by atoms with Crippen molar-refractivity contribution in [2.24, 2.45) is 5.73 Å². The molecule has 0 unspecified atom stereocenters. The third kappa shape index (κ3) is 2.64. The molecule has 13 heavy (non-hydrogen) atoms. The first-order chi connectivity index (χ1) is 6.15. The lowest BCUT2D eigenvalue weighted by Crippen LogP contribution is -2.11. The minimum absolute atomic E-state index is 0.200. The van der Waals surface area contributed by atoms with Crippen molar-refractivity contribution in [2.75, 3.05) is 6.67 Å². The maximum atomic E-state index is 12.6. The summed E-state index contributed by atoms with van der Waals surface area (Å²) in [5.74, 6) is -0.416. The van der Waals surface area contributed by atoms with E-state index in [-0.39, 0.29) is 11.4 Å². The van der Waals surface area contributed by atoms with Crippen LogP contribution >= 0.6 is 11.6 Å². The summed E-state index contributed by atoms with van der Waals surface area (Å²) in [5, 5.41) is 0.251. The van der Waals surface area contributed by atoms with Crippen molar-refractivity contribution < 1.29 is 8.78 Å². The van der Waals surface area contributed by atoms with Gasteiger partial charge >= 0.3 is 0 Å². The molecule has 0 saturated heterocycles. The quantitative estimate of drug-likeness (QED) is 0.807. The molecule has 4 heteroatoms. The molecule has 0 bridgehead atoms. The molecule has 0 aromatic heterocycles. The van der Waals surface area contributed by atoms with E-state index in [1.807, 2.05) is 0 Å². The molecule has 0 amide bonds. The van der Waals surface area contributed by atoms with Crippen LogP contribution in [0.25, 0.3) is 0 Å². The van der Waals surface area contributed by atoms with E-state index in [9.17, 15) is 8.78 Å². The third-order valence-electron chi connectivity index (χ3n) is 1.78. The molecule has 1 rings (SSSR count). The Labute approximate surface area is 80.5 Å². The van der Waals surface area contributed by atoms with E-state index in [1.54, 1.807) is 0 Å². The van der Waals surface area contributed by atoms with Crippen molar-refractivity contribution in [3.63, 3.8) is 0 Å². The Bertz CT molecular complexity index is 291. The van der Waals surface area contributed by atoms with Crippen molar-refractivity contribution >= 4 is 11.6 Å². The fourth-order valence-corrected chi connectivity index (χ4v) is 1.38. The topological polar surface area (TPSA) is 26.0 Å². The zero-order valence-corrected chi connectivity index (χ0v) is 7.69. The van der Waals surface area contributed by atoms with Crippen molar-refractivity contribution in [1.29, 1.82) is 0 Å². The van der Waals surface area contributed by atoms with Gasteiger partial charge in [-0.15, -0.1) is 0 Å². The van der Waals surface area contributed by atoms with Crippen molar-refractivity contribution in [3.05, 3.63) is 34.6 Å². The Hall–Kier alpha value is -0.670. The van der Waals surface area contributed by atoms with E-state index in [1.165, 1.54) is 18.2 Å². The molecule has 72 valence electrons. The zero-order chi connectivity index (χ0) is 9.84. The Balaban J connectivity index is 2.88. The fraction of sp³-hybridized carbons (Fsp3) is 0.333. The molecule has 0 aliphatic carbocycles. The predicted molar refractivity (Wildman–Crippen MR) is 48.9 cm³/mol.